The fraction of sp³-hybridized carbons (Fsp3) is 0.800. The van der Waals surface area contributed by atoms with Gasteiger partial charge in [-0.2, -0.15) is 0 Å². The molecular weight excluding hydrogens is 210 g/mol. The van der Waals surface area contributed by atoms with E-state index < -0.39 is 11.7 Å². The maximum atomic E-state index is 11.6. The van der Waals surface area contributed by atoms with Gasteiger partial charge in [0, 0.05) is 19.5 Å². The number of carbonyl (C=O) groups is 1. The van der Waals surface area contributed by atoms with Gasteiger partial charge in [-0.25, -0.2) is 4.79 Å². The molecule has 0 aromatic carbocycles. The number of oxime groups is 1. The van der Waals surface area contributed by atoms with Crippen LogP contribution in [0.15, 0.2) is 5.16 Å². The van der Waals surface area contributed by atoms with E-state index in [1.165, 1.54) is 4.90 Å². The van der Waals surface area contributed by atoms with Crippen LogP contribution in [0.4, 0.5) is 4.79 Å². The number of ether oxygens (including phenoxy) is 1. The van der Waals surface area contributed by atoms with Crippen molar-refractivity contribution in [2.75, 3.05) is 13.6 Å². The van der Waals surface area contributed by atoms with E-state index >= 15 is 0 Å². The summed E-state index contributed by atoms with van der Waals surface area (Å²) in [5.74, 6) is -0.127. The second kappa shape index (κ2) is 5.58. The van der Waals surface area contributed by atoms with Crippen LogP contribution in [0.3, 0.4) is 0 Å². The van der Waals surface area contributed by atoms with Crippen LogP contribution in [0, 0.1) is 5.92 Å². The predicted octanol–water partition coefficient (Wildman–Crippen LogP) is 1.24. The van der Waals surface area contributed by atoms with Gasteiger partial charge in [0.2, 0.25) is 0 Å². The number of nitrogens with two attached hydrogens (primary N) is 1. The molecule has 0 aliphatic rings. The molecule has 0 heterocycles. The third-order valence-electron chi connectivity index (χ3n) is 1.87. The number of nitrogens with zero attached hydrogens (tertiary/aromatic N) is 2. The molecule has 0 rings (SSSR count). The van der Waals surface area contributed by atoms with Crippen molar-refractivity contribution in [3.63, 3.8) is 0 Å². The molecule has 1 amide bonds. The van der Waals surface area contributed by atoms with Gasteiger partial charge >= 0.3 is 6.09 Å². The number of amides is 1. The van der Waals surface area contributed by atoms with Gasteiger partial charge in [-0.05, 0) is 20.8 Å². The van der Waals surface area contributed by atoms with Crippen LogP contribution < -0.4 is 5.73 Å². The van der Waals surface area contributed by atoms with Gasteiger partial charge in [0.25, 0.3) is 0 Å². The van der Waals surface area contributed by atoms with Gasteiger partial charge in [0.15, 0.2) is 0 Å². The first-order valence-corrected chi connectivity index (χ1v) is 5.09. The van der Waals surface area contributed by atoms with Crippen molar-refractivity contribution in [3.8, 4) is 0 Å². The lowest BCUT2D eigenvalue weighted by molar-refractivity contribution is 0.0288. The molecule has 0 saturated heterocycles. The average Bonchev–Trinajstić information content (AvgIpc) is 2.13. The summed E-state index contributed by atoms with van der Waals surface area (Å²) >= 11 is 0. The highest BCUT2D eigenvalue weighted by atomic mass is 16.6. The maximum absolute atomic E-state index is 11.6. The Balaban J connectivity index is 4.26. The minimum absolute atomic E-state index is 0.0930. The van der Waals surface area contributed by atoms with Crippen LogP contribution in [0.5, 0.6) is 0 Å². The van der Waals surface area contributed by atoms with E-state index in [1.54, 1.807) is 34.7 Å². The van der Waals surface area contributed by atoms with E-state index in [0.29, 0.717) is 6.54 Å². The van der Waals surface area contributed by atoms with Gasteiger partial charge in [-0.1, -0.05) is 12.1 Å². The summed E-state index contributed by atoms with van der Waals surface area (Å²) in [6.07, 6.45) is -0.426. The summed E-state index contributed by atoms with van der Waals surface area (Å²) in [6.45, 7) is 7.49. The highest BCUT2D eigenvalue weighted by Crippen LogP contribution is 2.10. The number of amidine groups is 1. The quantitative estimate of drug-likeness (QED) is 0.331. The van der Waals surface area contributed by atoms with Crippen LogP contribution >= 0.6 is 0 Å². The largest absolute Gasteiger partial charge is 0.444 e. The summed E-state index contributed by atoms with van der Waals surface area (Å²) in [5, 5.41) is 11.4. The van der Waals surface area contributed by atoms with Crippen molar-refractivity contribution in [2.24, 2.45) is 16.8 Å². The summed E-state index contributed by atoms with van der Waals surface area (Å²) in [7, 11) is 1.61. The molecule has 0 aliphatic heterocycles. The smallest absolute Gasteiger partial charge is 0.410 e. The first-order valence-electron chi connectivity index (χ1n) is 5.09. The zero-order valence-corrected chi connectivity index (χ0v) is 10.5. The fourth-order valence-corrected chi connectivity index (χ4v) is 1.02. The summed E-state index contributed by atoms with van der Waals surface area (Å²) < 4.78 is 5.16. The predicted molar refractivity (Wildman–Crippen MR) is 61.4 cm³/mol. The first kappa shape index (κ1) is 14.5. The molecule has 0 aliphatic carbocycles. The number of rotatable bonds is 3. The first-order chi connectivity index (χ1) is 7.17. The molecular formula is C10H21N3O3. The lowest BCUT2D eigenvalue weighted by Crippen LogP contribution is -2.39. The summed E-state index contributed by atoms with van der Waals surface area (Å²) in [5.41, 5.74) is 4.89. The average molecular weight is 231 g/mol. The normalized spacial score (nSPS) is 14.4. The lowest BCUT2D eigenvalue weighted by atomic mass is 10.1. The van der Waals surface area contributed by atoms with Crippen molar-refractivity contribution >= 4 is 11.9 Å². The van der Waals surface area contributed by atoms with Crippen LogP contribution in [0.2, 0.25) is 0 Å². The Bertz CT molecular complexity index is 271. The topological polar surface area (TPSA) is 88.2 Å². The molecule has 0 aromatic rings. The molecule has 1 atom stereocenters. The Morgan fingerprint density at radius 1 is 1.56 bits per heavy atom. The van der Waals surface area contributed by atoms with E-state index in [0.717, 1.165) is 0 Å². The number of hydrogen-bond acceptors (Lipinski definition) is 4. The van der Waals surface area contributed by atoms with E-state index in [1.807, 2.05) is 0 Å². The third-order valence-corrected chi connectivity index (χ3v) is 1.87. The van der Waals surface area contributed by atoms with Crippen LogP contribution in [-0.2, 0) is 4.74 Å². The lowest BCUT2D eigenvalue weighted by Gasteiger charge is -2.26. The number of carbonyl (C=O) groups excluding carboxylic acids is 1. The molecule has 16 heavy (non-hydrogen) atoms. The Kier molecular flexibility index (Phi) is 5.07. The van der Waals surface area contributed by atoms with E-state index in [2.05, 4.69) is 5.16 Å². The highest BCUT2D eigenvalue weighted by molar-refractivity contribution is 5.82. The molecule has 0 saturated carbocycles. The Morgan fingerprint density at radius 3 is 2.44 bits per heavy atom. The second-order valence-electron chi connectivity index (χ2n) is 4.79. The van der Waals surface area contributed by atoms with Gasteiger partial charge < -0.3 is 20.6 Å². The summed E-state index contributed by atoms with van der Waals surface area (Å²) in [4.78, 5) is 13.0. The molecule has 3 N–H and O–H groups in total. The monoisotopic (exact) mass is 231 g/mol. The fourth-order valence-electron chi connectivity index (χ4n) is 1.02. The van der Waals surface area contributed by atoms with Gasteiger partial charge in [0.1, 0.15) is 11.4 Å². The van der Waals surface area contributed by atoms with Gasteiger partial charge in [-0.3, -0.25) is 0 Å². The van der Waals surface area contributed by atoms with Crippen molar-refractivity contribution in [1.82, 2.24) is 4.90 Å². The molecule has 0 unspecified atom stereocenters. The van der Waals surface area contributed by atoms with Gasteiger partial charge in [0.05, 0.1) is 0 Å². The third kappa shape index (κ3) is 5.43. The van der Waals surface area contributed by atoms with E-state index in [4.69, 9.17) is 15.7 Å². The van der Waals surface area contributed by atoms with Crippen molar-refractivity contribution in [2.45, 2.75) is 33.3 Å². The van der Waals surface area contributed by atoms with Crippen LogP contribution in [-0.4, -0.2) is 41.2 Å². The molecule has 0 spiro atoms. The molecule has 6 nitrogen and oxygen atoms in total. The Labute approximate surface area is 96.0 Å². The minimum atomic E-state index is -0.523. The van der Waals surface area contributed by atoms with Crippen LogP contribution in [0.25, 0.3) is 0 Å². The minimum Gasteiger partial charge on any atom is -0.444 e. The number of hydrogen-bond donors (Lipinski definition) is 2. The zero-order chi connectivity index (χ0) is 12.9. The van der Waals surface area contributed by atoms with E-state index in [-0.39, 0.29) is 11.8 Å². The zero-order valence-electron chi connectivity index (χ0n) is 10.5. The van der Waals surface area contributed by atoms with Crippen molar-refractivity contribution < 1.29 is 14.7 Å². The van der Waals surface area contributed by atoms with Crippen LogP contribution in [0.1, 0.15) is 27.7 Å². The van der Waals surface area contributed by atoms with Gasteiger partial charge in [-0.15, -0.1) is 0 Å². The maximum Gasteiger partial charge on any atom is 0.410 e. The van der Waals surface area contributed by atoms with Crippen molar-refractivity contribution in [3.05, 3.63) is 0 Å². The standard InChI is InChI=1S/C10H21N3O3/c1-7(8(11)12-15)6-13(5)9(14)16-10(2,3)4/h7,15H,6H2,1-5H3,(H2,11,12)/t7-/m0/s1. The highest BCUT2D eigenvalue weighted by Gasteiger charge is 2.21. The summed E-state index contributed by atoms with van der Waals surface area (Å²) in [6, 6.07) is 0. The molecule has 0 aromatic heterocycles. The van der Waals surface area contributed by atoms with Crippen molar-refractivity contribution in [1.29, 1.82) is 0 Å². The molecule has 6 heteroatoms. The molecule has 0 bridgehead atoms. The molecule has 94 valence electrons. The second-order valence-corrected chi connectivity index (χ2v) is 4.79. The Morgan fingerprint density at radius 2 is 2.06 bits per heavy atom. The molecule has 0 fully saturated rings. The SMILES string of the molecule is C[C@@H](CN(C)C(=O)OC(C)(C)C)/C(N)=N/O. The molecule has 0 radical (unpaired) electrons. The Hall–Kier alpha value is -1.46. The van der Waals surface area contributed by atoms with E-state index in [9.17, 15) is 4.79 Å².